The standard InChI is InChI=1S/C12H17NO3/c1-15-7-6-13-9-12(14)10-4-3-5-11(8-10)16-2/h3-5,8,13H,6-7,9H2,1-2H3. The first-order valence-corrected chi connectivity index (χ1v) is 5.15. The van der Waals surface area contributed by atoms with E-state index in [0.717, 1.165) is 0 Å². The Morgan fingerprint density at radius 3 is 2.88 bits per heavy atom. The van der Waals surface area contributed by atoms with Crippen molar-refractivity contribution in [3.05, 3.63) is 29.8 Å². The predicted molar refractivity (Wildman–Crippen MR) is 62.1 cm³/mol. The molecule has 88 valence electrons. The van der Waals surface area contributed by atoms with E-state index in [0.29, 0.717) is 31.0 Å². The zero-order chi connectivity index (χ0) is 11.8. The number of nitrogens with one attached hydrogen (secondary N) is 1. The molecule has 1 aromatic carbocycles. The highest BCUT2D eigenvalue weighted by Crippen LogP contribution is 2.12. The van der Waals surface area contributed by atoms with Gasteiger partial charge in [-0.15, -0.1) is 0 Å². The van der Waals surface area contributed by atoms with Crippen LogP contribution in [0.3, 0.4) is 0 Å². The van der Waals surface area contributed by atoms with Gasteiger partial charge in [-0.25, -0.2) is 0 Å². The number of hydrogen-bond donors (Lipinski definition) is 1. The fourth-order valence-corrected chi connectivity index (χ4v) is 1.27. The Balaban J connectivity index is 2.46. The van der Waals surface area contributed by atoms with Gasteiger partial charge in [0.05, 0.1) is 20.3 Å². The number of Topliss-reactive ketones (excluding diaryl/α,β-unsaturated/α-hetero) is 1. The fraction of sp³-hybridized carbons (Fsp3) is 0.417. The van der Waals surface area contributed by atoms with Crippen molar-refractivity contribution in [2.45, 2.75) is 0 Å². The van der Waals surface area contributed by atoms with E-state index < -0.39 is 0 Å². The SMILES string of the molecule is COCCNCC(=O)c1cccc(OC)c1. The molecular weight excluding hydrogens is 206 g/mol. The summed E-state index contributed by atoms with van der Waals surface area (Å²) in [4.78, 5) is 11.7. The number of methoxy groups -OCH3 is 2. The fourth-order valence-electron chi connectivity index (χ4n) is 1.27. The van der Waals surface area contributed by atoms with Gasteiger partial charge in [0.1, 0.15) is 5.75 Å². The molecule has 1 N–H and O–H groups in total. The van der Waals surface area contributed by atoms with Gasteiger partial charge in [0.2, 0.25) is 0 Å². The molecule has 0 saturated carbocycles. The summed E-state index contributed by atoms with van der Waals surface area (Å²) in [6.07, 6.45) is 0. The quantitative estimate of drug-likeness (QED) is 0.555. The molecule has 1 aromatic rings. The Bertz CT molecular complexity index is 339. The second kappa shape index (κ2) is 6.98. The zero-order valence-corrected chi connectivity index (χ0v) is 9.66. The van der Waals surface area contributed by atoms with Gasteiger partial charge >= 0.3 is 0 Å². The summed E-state index contributed by atoms with van der Waals surface area (Å²) in [5.41, 5.74) is 0.657. The molecule has 4 nitrogen and oxygen atoms in total. The van der Waals surface area contributed by atoms with Crippen molar-refractivity contribution in [3.63, 3.8) is 0 Å². The van der Waals surface area contributed by atoms with Crippen LogP contribution in [0.5, 0.6) is 5.75 Å². The molecule has 4 heteroatoms. The van der Waals surface area contributed by atoms with Crippen molar-refractivity contribution in [3.8, 4) is 5.75 Å². The van der Waals surface area contributed by atoms with E-state index in [-0.39, 0.29) is 5.78 Å². The Morgan fingerprint density at radius 1 is 1.38 bits per heavy atom. The van der Waals surface area contributed by atoms with Gasteiger partial charge in [0.25, 0.3) is 0 Å². The Hall–Kier alpha value is -1.39. The largest absolute Gasteiger partial charge is 0.497 e. The summed E-state index contributed by atoms with van der Waals surface area (Å²) in [6, 6.07) is 7.14. The number of ketones is 1. The van der Waals surface area contributed by atoms with Gasteiger partial charge in [-0.05, 0) is 12.1 Å². The maximum atomic E-state index is 11.7. The van der Waals surface area contributed by atoms with Crippen LogP contribution < -0.4 is 10.1 Å². The van der Waals surface area contributed by atoms with E-state index >= 15 is 0 Å². The molecule has 16 heavy (non-hydrogen) atoms. The minimum Gasteiger partial charge on any atom is -0.497 e. The molecule has 0 fully saturated rings. The third-order valence-corrected chi connectivity index (χ3v) is 2.16. The van der Waals surface area contributed by atoms with E-state index in [1.54, 1.807) is 32.4 Å². The molecule has 0 aromatic heterocycles. The molecule has 0 aliphatic heterocycles. The maximum Gasteiger partial charge on any atom is 0.176 e. The molecule has 0 atom stereocenters. The third-order valence-electron chi connectivity index (χ3n) is 2.16. The Kier molecular flexibility index (Phi) is 5.53. The lowest BCUT2D eigenvalue weighted by atomic mass is 10.1. The summed E-state index contributed by atoms with van der Waals surface area (Å²) in [5.74, 6) is 0.748. The number of rotatable bonds is 7. The van der Waals surface area contributed by atoms with Gasteiger partial charge in [-0.1, -0.05) is 12.1 Å². The highest BCUT2D eigenvalue weighted by molar-refractivity contribution is 5.97. The molecule has 0 aliphatic carbocycles. The van der Waals surface area contributed by atoms with E-state index in [4.69, 9.17) is 9.47 Å². The molecule has 0 heterocycles. The minimum atomic E-state index is 0.0509. The number of carbonyl (C=O) groups excluding carboxylic acids is 1. The number of hydrogen-bond acceptors (Lipinski definition) is 4. The maximum absolute atomic E-state index is 11.7. The van der Waals surface area contributed by atoms with E-state index in [9.17, 15) is 4.79 Å². The lowest BCUT2D eigenvalue weighted by molar-refractivity contribution is 0.0987. The molecule has 1 rings (SSSR count). The zero-order valence-electron chi connectivity index (χ0n) is 9.66. The van der Waals surface area contributed by atoms with Crippen LogP contribution in [0.1, 0.15) is 10.4 Å². The summed E-state index contributed by atoms with van der Waals surface area (Å²) in [7, 11) is 3.21. The molecule has 0 amide bonds. The van der Waals surface area contributed by atoms with Crippen LogP contribution in [0.2, 0.25) is 0 Å². The van der Waals surface area contributed by atoms with Crippen molar-refractivity contribution in [2.24, 2.45) is 0 Å². The van der Waals surface area contributed by atoms with Crippen molar-refractivity contribution in [2.75, 3.05) is 33.9 Å². The monoisotopic (exact) mass is 223 g/mol. The average molecular weight is 223 g/mol. The van der Waals surface area contributed by atoms with E-state index in [1.807, 2.05) is 6.07 Å². The third kappa shape index (κ3) is 4.00. The molecule has 0 radical (unpaired) electrons. The Labute approximate surface area is 95.6 Å². The molecule has 0 saturated heterocycles. The average Bonchev–Trinajstić information content (AvgIpc) is 2.34. The van der Waals surface area contributed by atoms with Gasteiger partial charge in [-0.2, -0.15) is 0 Å². The lowest BCUT2D eigenvalue weighted by Crippen LogP contribution is -2.26. The normalized spacial score (nSPS) is 10.1. The molecule has 0 aliphatic rings. The highest BCUT2D eigenvalue weighted by Gasteiger charge is 2.05. The van der Waals surface area contributed by atoms with Crippen molar-refractivity contribution in [1.82, 2.24) is 5.32 Å². The number of ether oxygens (including phenoxy) is 2. The predicted octanol–water partition coefficient (Wildman–Crippen LogP) is 1.11. The summed E-state index contributed by atoms with van der Waals surface area (Å²) in [6.45, 7) is 1.59. The van der Waals surface area contributed by atoms with E-state index in [2.05, 4.69) is 5.32 Å². The second-order valence-electron chi connectivity index (χ2n) is 3.32. The van der Waals surface area contributed by atoms with Crippen LogP contribution in [0.25, 0.3) is 0 Å². The summed E-state index contributed by atoms with van der Waals surface area (Å²) >= 11 is 0. The highest BCUT2D eigenvalue weighted by atomic mass is 16.5. The van der Waals surface area contributed by atoms with Crippen LogP contribution in [-0.4, -0.2) is 39.7 Å². The molecule has 0 bridgehead atoms. The first kappa shape index (κ1) is 12.7. The van der Waals surface area contributed by atoms with Gasteiger partial charge in [-0.3, -0.25) is 4.79 Å². The minimum absolute atomic E-state index is 0.0509. The lowest BCUT2D eigenvalue weighted by Gasteiger charge is -2.05. The molecule has 0 spiro atoms. The van der Waals surface area contributed by atoms with Crippen LogP contribution in [-0.2, 0) is 4.74 Å². The van der Waals surface area contributed by atoms with E-state index in [1.165, 1.54) is 0 Å². The van der Waals surface area contributed by atoms with Crippen molar-refractivity contribution < 1.29 is 14.3 Å². The van der Waals surface area contributed by atoms with Gasteiger partial charge in [0, 0.05) is 19.2 Å². The first-order valence-electron chi connectivity index (χ1n) is 5.15. The first-order chi connectivity index (χ1) is 7.77. The molecular formula is C12H17NO3. The van der Waals surface area contributed by atoms with Gasteiger partial charge < -0.3 is 14.8 Å². The summed E-state index contributed by atoms with van der Waals surface area (Å²) in [5, 5.41) is 3.01. The van der Waals surface area contributed by atoms with Crippen LogP contribution in [0.15, 0.2) is 24.3 Å². The van der Waals surface area contributed by atoms with Crippen molar-refractivity contribution >= 4 is 5.78 Å². The number of carbonyl (C=O) groups is 1. The summed E-state index contributed by atoms with van der Waals surface area (Å²) < 4.78 is 9.93. The van der Waals surface area contributed by atoms with Crippen LogP contribution >= 0.6 is 0 Å². The van der Waals surface area contributed by atoms with Crippen LogP contribution in [0, 0.1) is 0 Å². The van der Waals surface area contributed by atoms with Gasteiger partial charge in [0.15, 0.2) is 5.78 Å². The Morgan fingerprint density at radius 2 is 2.19 bits per heavy atom. The molecule has 0 unspecified atom stereocenters. The second-order valence-corrected chi connectivity index (χ2v) is 3.32. The van der Waals surface area contributed by atoms with Crippen LogP contribution in [0.4, 0.5) is 0 Å². The smallest absolute Gasteiger partial charge is 0.176 e. The number of benzene rings is 1. The topological polar surface area (TPSA) is 47.6 Å². The van der Waals surface area contributed by atoms with Crippen molar-refractivity contribution in [1.29, 1.82) is 0 Å².